The third-order valence-corrected chi connectivity index (χ3v) is 3.67. The topological polar surface area (TPSA) is 47.3 Å². The van der Waals surface area contributed by atoms with Gasteiger partial charge < -0.3 is 15.8 Å². The minimum absolute atomic E-state index is 0.652. The minimum Gasteiger partial charge on any atom is -0.380 e. The van der Waals surface area contributed by atoms with Crippen LogP contribution in [0.25, 0.3) is 0 Å². The molecule has 2 fully saturated rings. The van der Waals surface area contributed by atoms with E-state index in [0.29, 0.717) is 12.0 Å². The predicted molar refractivity (Wildman–Crippen MR) is 61.7 cm³/mol. The molecule has 0 spiro atoms. The Morgan fingerprint density at radius 3 is 2.80 bits per heavy atom. The summed E-state index contributed by atoms with van der Waals surface area (Å²) in [5.41, 5.74) is 5.73. The molecule has 0 amide bonds. The van der Waals surface area contributed by atoms with Crippen LogP contribution in [0.5, 0.6) is 0 Å². The van der Waals surface area contributed by atoms with E-state index < -0.39 is 0 Å². The Bertz CT molecular complexity index is 182. The largest absolute Gasteiger partial charge is 0.380 e. The lowest BCUT2D eigenvalue weighted by molar-refractivity contribution is 0.123. The summed E-state index contributed by atoms with van der Waals surface area (Å²) in [6, 6.07) is 0.652. The fourth-order valence-electron chi connectivity index (χ4n) is 2.44. The van der Waals surface area contributed by atoms with Crippen LogP contribution in [0.4, 0.5) is 0 Å². The Morgan fingerprint density at radius 2 is 2.07 bits per heavy atom. The van der Waals surface area contributed by atoms with Crippen molar-refractivity contribution >= 4 is 0 Å². The van der Waals surface area contributed by atoms with Crippen molar-refractivity contribution in [1.29, 1.82) is 0 Å². The van der Waals surface area contributed by atoms with Crippen molar-refractivity contribution in [2.75, 3.05) is 26.3 Å². The van der Waals surface area contributed by atoms with Gasteiger partial charge in [0, 0.05) is 19.2 Å². The molecule has 2 atom stereocenters. The van der Waals surface area contributed by atoms with Gasteiger partial charge in [0.25, 0.3) is 0 Å². The molecule has 0 saturated heterocycles. The number of ether oxygens (including phenoxy) is 1. The Labute approximate surface area is 92.7 Å². The summed E-state index contributed by atoms with van der Waals surface area (Å²) in [7, 11) is 0. The van der Waals surface area contributed by atoms with Crippen LogP contribution in [0.2, 0.25) is 0 Å². The quantitative estimate of drug-likeness (QED) is 0.622. The van der Waals surface area contributed by atoms with Gasteiger partial charge in [-0.3, -0.25) is 0 Å². The fourth-order valence-corrected chi connectivity index (χ4v) is 2.44. The second kappa shape index (κ2) is 5.83. The van der Waals surface area contributed by atoms with Gasteiger partial charge in [-0.05, 0) is 44.1 Å². The molecule has 2 rings (SSSR count). The molecule has 0 aromatic rings. The fraction of sp³-hybridized carbons (Fsp3) is 1.00. The molecule has 3 nitrogen and oxygen atoms in total. The maximum absolute atomic E-state index is 5.73. The Morgan fingerprint density at radius 1 is 1.20 bits per heavy atom. The average Bonchev–Trinajstić information content (AvgIpc) is 2.96. The standard InChI is InChI=1S/C12H24N2O/c13-8-11-2-1-3-12(11)14-6-7-15-9-10-4-5-10/h10-12,14H,1-9,13H2. The van der Waals surface area contributed by atoms with Crippen molar-refractivity contribution in [2.24, 2.45) is 17.6 Å². The van der Waals surface area contributed by atoms with Crippen LogP contribution < -0.4 is 11.1 Å². The molecule has 88 valence electrons. The first-order valence-corrected chi connectivity index (χ1v) is 6.41. The highest BCUT2D eigenvalue weighted by atomic mass is 16.5. The highest BCUT2D eigenvalue weighted by Crippen LogP contribution is 2.28. The maximum atomic E-state index is 5.73. The maximum Gasteiger partial charge on any atom is 0.0591 e. The second-order valence-electron chi connectivity index (χ2n) is 5.01. The van der Waals surface area contributed by atoms with Crippen molar-refractivity contribution in [3.05, 3.63) is 0 Å². The van der Waals surface area contributed by atoms with Gasteiger partial charge in [-0.25, -0.2) is 0 Å². The lowest BCUT2D eigenvalue weighted by atomic mass is 10.0. The van der Waals surface area contributed by atoms with E-state index in [4.69, 9.17) is 10.5 Å². The Hall–Kier alpha value is -0.120. The summed E-state index contributed by atoms with van der Waals surface area (Å²) in [5.74, 6) is 1.58. The van der Waals surface area contributed by atoms with Crippen molar-refractivity contribution in [2.45, 2.75) is 38.1 Å². The zero-order chi connectivity index (χ0) is 10.5. The lowest BCUT2D eigenvalue weighted by Crippen LogP contribution is -2.37. The van der Waals surface area contributed by atoms with Crippen LogP contribution >= 0.6 is 0 Å². The molecular formula is C12H24N2O. The van der Waals surface area contributed by atoms with Gasteiger partial charge in [-0.15, -0.1) is 0 Å². The van der Waals surface area contributed by atoms with Crippen molar-refractivity contribution in [3.8, 4) is 0 Å². The smallest absolute Gasteiger partial charge is 0.0591 e. The van der Waals surface area contributed by atoms with Gasteiger partial charge in [0.1, 0.15) is 0 Å². The van der Waals surface area contributed by atoms with Crippen molar-refractivity contribution in [1.82, 2.24) is 5.32 Å². The Kier molecular flexibility index (Phi) is 4.42. The summed E-state index contributed by atoms with van der Waals surface area (Å²) < 4.78 is 5.59. The number of nitrogens with two attached hydrogens (primary N) is 1. The van der Waals surface area contributed by atoms with Gasteiger partial charge in [0.2, 0.25) is 0 Å². The summed E-state index contributed by atoms with van der Waals surface area (Å²) in [4.78, 5) is 0. The zero-order valence-electron chi connectivity index (χ0n) is 9.58. The van der Waals surface area contributed by atoms with Crippen LogP contribution in [0.3, 0.4) is 0 Å². The van der Waals surface area contributed by atoms with Crippen molar-refractivity contribution in [3.63, 3.8) is 0 Å². The van der Waals surface area contributed by atoms with Gasteiger partial charge in [-0.2, -0.15) is 0 Å². The normalized spacial score (nSPS) is 31.0. The average molecular weight is 212 g/mol. The third-order valence-electron chi connectivity index (χ3n) is 3.67. The number of nitrogens with one attached hydrogen (secondary N) is 1. The monoisotopic (exact) mass is 212 g/mol. The van der Waals surface area contributed by atoms with Crippen LogP contribution in [-0.4, -0.2) is 32.3 Å². The molecule has 2 unspecified atom stereocenters. The summed E-state index contributed by atoms with van der Waals surface area (Å²) in [6.45, 7) is 3.67. The molecule has 0 aromatic heterocycles. The van der Waals surface area contributed by atoms with E-state index in [1.807, 2.05) is 0 Å². The van der Waals surface area contributed by atoms with Gasteiger partial charge >= 0.3 is 0 Å². The minimum atomic E-state index is 0.652. The highest BCUT2D eigenvalue weighted by molar-refractivity contribution is 4.83. The molecule has 2 aliphatic rings. The Balaban J connectivity index is 1.48. The van der Waals surface area contributed by atoms with Gasteiger partial charge in [0.15, 0.2) is 0 Å². The lowest BCUT2D eigenvalue weighted by Gasteiger charge is -2.19. The first kappa shape index (κ1) is 11.4. The zero-order valence-corrected chi connectivity index (χ0v) is 9.58. The number of hydrogen-bond donors (Lipinski definition) is 2. The molecule has 0 bridgehead atoms. The summed E-state index contributed by atoms with van der Waals surface area (Å²) in [6.07, 6.45) is 6.70. The third kappa shape index (κ3) is 3.74. The molecule has 0 radical (unpaired) electrons. The van der Waals surface area contributed by atoms with E-state index in [9.17, 15) is 0 Å². The molecule has 2 saturated carbocycles. The van der Waals surface area contributed by atoms with E-state index in [-0.39, 0.29) is 0 Å². The first-order valence-electron chi connectivity index (χ1n) is 6.41. The van der Waals surface area contributed by atoms with Gasteiger partial charge in [-0.1, -0.05) is 6.42 Å². The first-order chi connectivity index (χ1) is 7.40. The molecular weight excluding hydrogens is 188 g/mol. The molecule has 0 aromatic carbocycles. The van der Waals surface area contributed by atoms with Crippen LogP contribution in [0, 0.1) is 11.8 Å². The molecule has 3 N–H and O–H groups in total. The van der Waals surface area contributed by atoms with E-state index in [1.54, 1.807) is 0 Å². The summed E-state index contributed by atoms with van der Waals surface area (Å²) in [5, 5.41) is 3.57. The van der Waals surface area contributed by atoms with Crippen LogP contribution in [-0.2, 0) is 4.74 Å². The second-order valence-corrected chi connectivity index (χ2v) is 5.01. The predicted octanol–water partition coefficient (Wildman–Crippen LogP) is 1.13. The van der Waals surface area contributed by atoms with Crippen LogP contribution in [0.1, 0.15) is 32.1 Å². The van der Waals surface area contributed by atoms with Crippen molar-refractivity contribution < 1.29 is 4.74 Å². The molecule has 3 heteroatoms. The molecule has 2 aliphatic carbocycles. The van der Waals surface area contributed by atoms with Crippen LogP contribution in [0.15, 0.2) is 0 Å². The number of hydrogen-bond acceptors (Lipinski definition) is 3. The van der Waals surface area contributed by atoms with E-state index in [1.165, 1.54) is 32.1 Å². The SMILES string of the molecule is NCC1CCCC1NCCOCC1CC1. The molecule has 0 aliphatic heterocycles. The number of rotatable bonds is 7. The molecule has 0 heterocycles. The highest BCUT2D eigenvalue weighted by Gasteiger charge is 2.25. The van der Waals surface area contributed by atoms with E-state index in [0.717, 1.165) is 32.2 Å². The van der Waals surface area contributed by atoms with Gasteiger partial charge in [0.05, 0.1) is 6.61 Å². The van der Waals surface area contributed by atoms with E-state index >= 15 is 0 Å². The van der Waals surface area contributed by atoms with E-state index in [2.05, 4.69) is 5.32 Å². The summed E-state index contributed by atoms with van der Waals surface area (Å²) >= 11 is 0. The molecule has 15 heavy (non-hydrogen) atoms.